The van der Waals surface area contributed by atoms with Gasteiger partial charge in [-0.15, -0.1) is 0 Å². The number of halogens is 2. The fourth-order valence-electron chi connectivity index (χ4n) is 3.26. The fraction of sp³-hybridized carbons (Fsp3) is 0.0435. The van der Waals surface area contributed by atoms with Crippen LogP contribution in [0.4, 0.5) is 20.2 Å². The van der Waals surface area contributed by atoms with Crippen LogP contribution >= 0.6 is 0 Å². The summed E-state index contributed by atoms with van der Waals surface area (Å²) in [6.07, 6.45) is 0. The number of hydrogen-bond acceptors (Lipinski definition) is 3. The highest BCUT2D eigenvalue weighted by Crippen LogP contribution is 2.35. The minimum Gasteiger partial charge on any atom is -0.350 e. The summed E-state index contributed by atoms with van der Waals surface area (Å²) < 4.78 is 28.1. The topological polar surface area (TPSA) is 49.4 Å². The van der Waals surface area contributed by atoms with E-state index >= 15 is 0 Å². The van der Waals surface area contributed by atoms with Crippen molar-refractivity contribution in [3.63, 3.8) is 0 Å². The maximum Gasteiger partial charge on any atom is 0.282 e. The van der Waals surface area contributed by atoms with Crippen molar-refractivity contribution < 1.29 is 18.4 Å². The molecular weight excluding hydrogens is 374 g/mol. The molecule has 0 saturated heterocycles. The van der Waals surface area contributed by atoms with Gasteiger partial charge in [-0.05, 0) is 42.3 Å². The second-order valence-corrected chi connectivity index (χ2v) is 6.65. The third-order valence-corrected chi connectivity index (χ3v) is 4.58. The van der Waals surface area contributed by atoms with E-state index in [4.69, 9.17) is 0 Å². The lowest BCUT2D eigenvalue weighted by Gasteiger charge is -2.16. The van der Waals surface area contributed by atoms with E-state index in [9.17, 15) is 18.4 Å². The number of aryl methyl sites for hydroxylation is 1. The van der Waals surface area contributed by atoms with Crippen LogP contribution in [0.1, 0.15) is 11.1 Å². The second kappa shape index (κ2) is 7.31. The predicted octanol–water partition coefficient (Wildman–Crippen LogP) is 4.67. The average molecular weight is 390 g/mol. The molecule has 3 aromatic rings. The van der Waals surface area contributed by atoms with Crippen molar-refractivity contribution in [1.82, 2.24) is 0 Å². The molecule has 0 saturated carbocycles. The lowest BCUT2D eigenvalue weighted by atomic mass is 10.0. The van der Waals surface area contributed by atoms with Gasteiger partial charge in [-0.1, -0.05) is 42.5 Å². The molecule has 6 heteroatoms. The van der Waals surface area contributed by atoms with Crippen LogP contribution in [0, 0.1) is 18.6 Å². The first kappa shape index (κ1) is 18.6. The molecule has 1 N–H and O–H groups in total. The fourth-order valence-corrected chi connectivity index (χ4v) is 3.26. The minimum absolute atomic E-state index is 0.00969. The normalized spacial score (nSPS) is 14.0. The Balaban J connectivity index is 1.85. The molecule has 0 aliphatic carbocycles. The molecule has 29 heavy (non-hydrogen) atoms. The Hall–Kier alpha value is -3.80. The molecule has 1 heterocycles. The molecule has 4 rings (SSSR count). The first-order chi connectivity index (χ1) is 14.0. The number of rotatable bonds is 4. The van der Waals surface area contributed by atoms with Crippen LogP contribution in [0.2, 0.25) is 0 Å². The molecule has 1 aliphatic heterocycles. The molecule has 144 valence electrons. The van der Waals surface area contributed by atoms with Crippen molar-refractivity contribution in [3.8, 4) is 0 Å². The van der Waals surface area contributed by atoms with Crippen LogP contribution in [0.5, 0.6) is 0 Å². The summed E-state index contributed by atoms with van der Waals surface area (Å²) in [5.74, 6) is -3.08. The zero-order valence-electron chi connectivity index (χ0n) is 15.4. The first-order valence-corrected chi connectivity index (χ1v) is 8.93. The van der Waals surface area contributed by atoms with Crippen molar-refractivity contribution >= 4 is 28.8 Å². The van der Waals surface area contributed by atoms with Crippen LogP contribution < -0.4 is 10.2 Å². The van der Waals surface area contributed by atoms with E-state index in [-0.39, 0.29) is 11.3 Å². The van der Waals surface area contributed by atoms with Crippen molar-refractivity contribution in [3.05, 3.63) is 101 Å². The highest BCUT2D eigenvalue weighted by Gasteiger charge is 2.41. The number of benzene rings is 3. The first-order valence-electron chi connectivity index (χ1n) is 8.93. The number of anilines is 2. The third-order valence-electron chi connectivity index (χ3n) is 4.58. The largest absolute Gasteiger partial charge is 0.350 e. The number of amides is 2. The van der Waals surface area contributed by atoms with E-state index in [1.54, 1.807) is 36.4 Å². The standard InChI is InChI=1S/C23H16F2N2O2/c1-14-6-5-9-17(12-14)26-21-20(15-7-3-2-4-8-15)22(28)27(23(21)29)19-13-16(24)10-11-18(19)25/h2-13,26H,1H3. The number of hydrogen-bond donors (Lipinski definition) is 1. The van der Waals surface area contributed by atoms with E-state index in [0.29, 0.717) is 16.2 Å². The lowest BCUT2D eigenvalue weighted by molar-refractivity contribution is -0.120. The predicted molar refractivity (Wildman–Crippen MR) is 107 cm³/mol. The van der Waals surface area contributed by atoms with Crippen molar-refractivity contribution in [2.75, 3.05) is 10.2 Å². The Morgan fingerprint density at radius 1 is 0.828 bits per heavy atom. The van der Waals surface area contributed by atoms with E-state index in [0.717, 1.165) is 23.8 Å². The number of carbonyl (C=O) groups excluding carboxylic acids is 2. The maximum atomic E-state index is 14.4. The van der Waals surface area contributed by atoms with Gasteiger partial charge in [0, 0.05) is 11.8 Å². The summed E-state index contributed by atoms with van der Waals surface area (Å²) in [6, 6.07) is 18.6. The van der Waals surface area contributed by atoms with Crippen LogP contribution in [-0.2, 0) is 9.59 Å². The Morgan fingerprint density at radius 2 is 1.59 bits per heavy atom. The van der Waals surface area contributed by atoms with Gasteiger partial charge in [0.15, 0.2) is 0 Å². The molecule has 0 spiro atoms. The van der Waals surface area contributed by atoms with Gasteiger partial charge < -0.3 is 5.32 Å². The zero-order chi connectivity index (χ0) is 20.5. The van der Waals surface area contributed by atoms with Crippen molar-refractivity contribution in [2.45, 2.75) is 6.92 Å². The number of nitrogens with zero attached hydrogens (tertiary/aromatic N) is 1. The van der Waals surface area contributed by atoms with E-state index in [2.05, 4.69) is 5.32 Å². The van der Waals surface area contributed by atoms with Crippen LogP contribution in [0.25, 0.3) is 5.57 Å². The SMILES string of the molecule is Cc1cccc(NC2=C(c3ccccc3)C(=O)N(c3cc(F)ccc3F)C2=O)c1. The molecule has 0 fully saturated rings. The smallest absolute Gasteiger partial charge is 0.282 e. The van der Waals surface area contributed by atoms with Gasteiger partial charge in [-0.25, -0.2) is 13.7 Å². The monoisotopic (exact) mass is 390 g/mol. The maximum absolute atomic E-state index is 14.4. The van der Waals surface area contributed by atoms with Crippen LogP contribution in [0.15, 0.2) is 78.5 Å². The molecular formula is C23H16F2N2O2. The summed E-state index contributed by atoms with van der Waals surface area (Å²) in [6.45, 7) is 1.90. The van der Waals surface area contributed by atoms with Crippen LogP contribution in [0.3, 0.4) is 0 Å². The number of carbonyl (C=O) groups is 2. The Bertz CT molecular complexity index is 1160. The second-order valence-electron chi connectivity index (χ2n) is 6.65. The molecule has 0 aromatic heterocycles. The van der Waals surface area contributed by atoms with Gasteiger partial charge in [0.2, 0.25) is 0 Å². The van der Waals surface area contributed by atoms with E-state index < -0.39 is 29.1 Å². The summed E-state index contributed by atoms with van der Waals surface area (Å²) >= 11 is 0. The summed E-state index contributed by atoms with van der Waals surface area (Å²) in [5, 5.41) is 3.00. The Morgan fingerprint density at radius 3 is 2.31 bits per heavy atom. The molecule has 3 aromatic carbocycles. The third kappa shape index (κ3) is 3.40. The van der Waals surface area contributed by atoms with Gasteiger partial charge in [-0.3, -0.25) is 9.59 Å². The van der Waals surface area contributed by atoms with Crippen molar-refractivity contribution in [1.29, 1.82) is 0 Å². The quantitative estimate of drug-likeness (QED) is 0.659. The number of imide groups is 1. The van der Waals surface area contributed by atoms with Gasteiger partial charge in [0.1, 0.15) is 17.3 Å². The molecule has 2 amide bonds. The molecule has 1 aliphatic rings. The van der Waals surface area contributed by atoms with Gasteiger partial charge in [0.05, 0.1) is 11.3 Å². The summed E-state index contributed by atoms with van der Waals surface area (Å²) in [4.78, 5) is 27.0. The van der Waals surface area contributed by atoms with Crippen LogP contribution in [-0.4, -0.2) is 11.8 Å². The highest BCUT2D eigenvalue weighted by atomic mass is 19.1. The molecule has 4 nitrogen and oxygen atoms in total. The zero-order valence-corrected chi connectivity index (χ0v) is 15.4. The molecule has 0 atom stereocenters. The van der Waals surface area contributed by atoms with E-state index in [1.807, 2.05) is 25.1 Å². The molecule has 0 radical (unpaired) electrons. The van der Waals surface area contributed by atoms with Gasteiger partial charge >= 0.3 is 0 Å². The Kier molecular flexibility index (Phi) is 4.68. The molecule has 0 unspecified atom stereocenters. The lowest BCUT2D eigenvalue weighted by Crippen LogP contribution is -2.33. The average Bonchev–Trinajstić information content (AvgIpc) is 2.94. The minimum atomic E-state index is -0.864. The van der Waals surface area contributed by atoms with E-state index in [1.165, 1.54) is 0 Å². The van der Waals surface area contributed by atoms with Crippen molar-refractivity contribution in [2.24, 2.45) is 0 Å². The summed E-state index contributed by atoms with van der Waals surface area (Å²) in [5.41, 5.74) is 1.75. The molecule has 0 bridgehead atoms. The van der Waals surface area contributed by atoms with Gasteiger partial charge in [0.25, 0.3) is 11.8 Å². The highest BCUT2D eigenvalue weighted by molar-refractivity contribution is 6.46. The number of nitrogens with one attached hydrogen (secondary N) is 1. The van der Waals surface area contributed by atoms with Gasteiger partial charge in [-0.2, -0.15) is 0 Å². The Labute approximate surface area is 166 Å². The summed E-state index contributed by atoms with van der Waals surface area (Å²) in [7, 11) is 0.